The van der Waals surface area contributed by atoms with Gasteiger partial charge in [0.15, 0.2) is 11.5 Å². The van der Waals surface area contributed by atoms with Gasteiger partial charge in [0.25, 0.3) is 0 Å². The van der Waals surface area contributed by atoms with Gasteiger partial charge in [-0.05, 0) is 37.1 Å². The number of hydrogen-bond acceptors (Lipinski definition) is 7. The molecule has 0 radical (unpaired) electrons. The molecule has 4 heterocycles. The molecule has 5 rings (SSSR count). The molecule has 2 aliphatic heterocycles. The van der Waals surface area contributed by atoms with Crippen LogP contribution in [-0.4, -0.2) is 81.2 Å². The highest BCUT2D eigenvalue weighted by atomic mass is 19.1. The van der Waals surface area contributed by atoms with Crippen LogP contribution in [0.1, 0.15) is 12.8 Å². The molecule has 3 aromatic rings. The standard InChI is InChI=1S/C22H25FN6O4/c23-7-8-29-21-18(11-24-29)20(27-12-16-5-6-17(13-27)33-16)25-19(26-21)14-1-3-15(4-2-14)28(9-10-30)22(31)32/h1-4,11,16-17,30H,5-10,12-13H2,(H,31,32). The quantitative estimate of drug-likeness (QED) is 0.556. The van der Waals surface area contributed by atoms with Crippen molar-refractivity contribution < 1.29 is 24.1 Å². The van der Waals surface area contributed by atoms with Crippen molar-refractivity contribution in [1.82, 2.24) is 19.7 Å². The van der Waals surface area contributed by atoms with Crippen molar-refractivity contribution in [3.8, 4) is 11.4 Å². The molecule has 2 N–H and O–H groups in total. The zero-order valence-corrected chi connectivity index (χ0v) is 18.0. The van der Waals surface area contributed by atoms with Crippen LogP contribution in [0.15, 0.2) is 30.5 Å². The second-order valence-corrected chi connectivity index (χ2v) is 8.23. The van der Waals surface area contributed by atoms with E-state index >= 15 is 0 Å². The molecule has 0 saturated carbocycles. The van der Waals surface area contributed by atoms with Gasteiger partial charge in [0, 0.05) is 24.3 Å². The van der Waals surface area contributed by atoms with E-state index < -0.39 is 12.8 Å². The van der Waals surface area contributed by atoms with E-state index in [-0.39, 0.29) is 31.9 Å². The third-order valence-electron chi connectivity index (χ3n) is 6.11. The van der Waals surface area contributed by atoms with Crippen molar-refractivity contribution in [2.75, 3.05) is 42.7 Å². The molecule has 1 aromatic carbocycles. The molecule has 2 aliphatic rings. The van der Waals surface area contributed by atoms with Gasteiger partial charge in [-0.1, -0.05) is 0 Å². The Labute approximate surface area is 189 Å². The van der Waals surface area contributed by atoms with E-state index in [1.807, 2.05) is 0 Å². The normalized spacial score (nSPS) is 19.9. The van der Waals surface area contributed by atoms with Gasteiger partial charge in [-0.25, -0.2) is 23.8 Å². The van der Waals surface area contributed by atoms with Gasteiger partial charge in [0.1, 0.15) is 12.5 Å². The summed E-state index contributed by atoms with van der Waals surface area (Å²) in [7, 11) is 0. The minimum absolute atomic E-state index is 0.0247. The highest BCUT2D eigenvalue weighted by Crippen LogP contribution is 2.34. The minimum atomic E-state index is -1.14. The van der Waals surface area contributed by atoms with Gasteiger partial charge in [0.2, 0.25) is 0 Å². The number of morpholine rings is 1. The van der Waals surface area contributed by atoms with Crippen LogP contribution in [0.2, 0.25) is 0 Å². The first-order valence-corrected chi connectivity index (χ1v) is 11.0. The number of hydrogen-bond donors (Lipinski definition) is 2. The number of fused-ring (bicyclic) bond motifs is 3. The van der Waals surface area contributed by atoms with E-state index in [1.165, 1.54) is 0 Å². The molecule has 11 heteroatoms. The average Bonchev–Trinajstić information content (AvgIpc) is 3.39. The smallest absolute Gasteiger partial charge is 0.411 e. The van der Waals surface area contributed by atoms with Gasteiger partial charge in [-0.2, -0.15) is 5.10 Å². The lowest BCUT2D eigenvalue weighted by Gasteiger charge is -2.33. The fourth-order valence-corrected chi connectivity index (χ4v) is 4.57. The zero-order valence-electron chi connectivity index (χ0n) is 18.0. The summed E-state index contributed by atoms with van der Waals surface area (Å²) >= 11 is 0. The number of alkyl halides is 1. The Kier molecular flexibility index (Phi) is 5.81. The monoisotopic (exact) mass is 456 g/mol. The third kappa shape index (κ3) is 4.09. The lowest BCUT2D eigenvalue weighted by molar-refractivity contribution is 0.0303. The van der Waals surface area contributed by atoms with Crippen molar-refractivity contribution >= 4 is 28.6 Å². The lowest BCUT2D eigenvalue weighted by atomic mass is 10.1. The van der Waals surface area contributed by atoms with Gasteiger partial charge in [-0.3, -0.25) is 4.90 Å². The number of aromatic nitrogens is 4. The second kappa shape index (κ2) is 8.91. The summed E-state index contributed by atoms with van der Waals surface area (Å²) in [6.45, 7) is 0.688. The zero-order chi connectivity index (χ0) is 22.9. The first-order valence-electron chi connectivity index (χ1n) is 11.0. The Hall–Kier alpha value is -3.31. The molecular formula is C22H25FN6O4. The van der Waals surface area contributed by atoms with Crippen molar-refractivity contribution in [2.24, 2.45) is 0 Å². The number of amides is 1. The highest BCUT2D eigenvalue weighted by molar-refractivity contribution is 5.89. The average molecular weight is 456 g/mol. The Balaban J connectivity index is 1.55. The highest BCUT2D eigenvalue weighted by Gasteiger charge is 2.35. The van der Waals surface area contributed by atoms with E-state index in [0.29, 0.717) is 22.7 Å². The number of rotatable bonds is 7. The fourth-order valence-electron chi connectivity index (χ4n) is 4.57. The Morgan fingerprint density at radius 2 is 1.91 bits per heavy atom. The van der Waals surface area contributed by atoms with Gasteiger partial charge in [0.05, 0.1) is 43.5 Å². The van der Waals surface area contributed by atoms with Crippen molar-refractivity contribution in [3.63, 3.8) is 0 Å². The first-order chi connectivity index (χ1) is 16.1. The number of aliphatic hydroxyl groups is 1. The number of ether oxygens (including phenoxy) is 1. The lowest BCUT2D eigenvalue weighted by Crippen LogP contribution is -2.43. The summed E-state index contributed by atoms with van der Waals surface area (Å²) in [6.07, 6.45) is 2.94. The number of carboxylic acid groups (broad SMARTS) is 1. The van der Waals surface area contributed by atoms with Crippen LogP contribution in [0.3, 0.4) is 0 Å². The van der Waals surface area contributed by atoms with E-state index in [9.17, 15) is 14.3 Å². The predicted octanol–water partition coefficient (Wildman–Crippen LogP) is 2.31. The number of aryl methyl sites for hydroxylation is 1. The molecule has 174 valence electrons. The molecule has 10 nitrogen and oxygen atoms in total. The largest absolute Gasteiger partial charge is 0.465 e. The maximum absolute atomic E-state index is 13.1. The summed E-state index contributed by atoms with van der Waals surface area (Å²) in [4.78, 5) is 24.3. The topological polar surface area (TPSA) is 117 Å². The van der Waals surface area contributed by atoms with Crippen molar-refractivity contribution in [1.29, 1.82) is 0 Å². The van der Waals surface area contributed by atoms with Crippen LogP contribution in [0.4, 0.5) is 20.7 Å². The number of carbonyl (C=O) groups is 1. The summed E-state index contributed by atoms with van der Waals surface area (Å²) in [6, 6.07) is 6.79. The van der Waals surface area contributed by atoms with Gasteiger partial charge in [-0.15, -0.1) is 0 Å². The van der Waals surface area contributed by atoms with Crippen LogP contribution in [0.25, 0.3) is 22.4 Å². The molecule has 1 amide bonds. The van der Waals surface area contributed by atoms with Crippen LogP contribution in [-0.2, 0) is 11.3 Å². The molecule has 2 fully saturated rings. The van der Waals surface area contributed by atoms with Crippen LogP contribution in [0, 0.1) is 0 Å². The molecule has 2 saturated heterocycles. The predicted molar refractivity (Wildman–Crippen MR) is 119 cm³/mol. The van der Waals surface area contributed by atoms with E-state index in [2.05, 4.69) is 15.0 Å². The molecule has 2 unspecified atom stereocenters. The van der Waals surface area contributed by atoms with E-state index in [1.54, 1.807) is 35.1 Å². The number of nitrogens with zero attached hydrogens (tertiary/aromatic N) is 6. The third-order valence-corrected chi connectivity index (χ3v) is 6.11. The number of halogens is 1. The maximum atomic E-state index is 13.1. The van der Waals surface area contributed by atoms with Crippen molar-refractivity contribution in [3.05, 3.63) is 30.5 Å². The van der Waals surface area contributed by atoms with Crippen LogP contribution >= 0.6 is 0 Å². The van der Waals surface area contributed by atoms with Gasteiger partial charge < -0.3 is 19.8 Å². The Morgan fingerprint density at radius 1 is 1.18 bits per heavy atom. The second-order valence-electron chi connectivity index (χ2n) is 8.23. The molecule has 2 bridgehead atoms. The number of aliphatic hydroxyl groups excluding tert-OH is 1. The summed E-state index contributed by atoms with van der Waals surface area (Å²) in [5, 5.41) is 23.6. The molecule has 2 aromatic heterocycles. The van der Waals surface area contributed by atoms with Crippen molar-refractivity contribution in [2.45, 2.75) is 31.6 Å². The molecule has 2 atom stereocenters. The minimum Gasteiger partial charge on any atom is -0.465 e. The van der Waals surface area contributed by atoms with Gasteiger partial charge >= 0.3 is 6.09 Å². The van der Waals surface area contributed by atoms with E-state index in [0.717, 1.165) is 42.0 Å². The Morgan fingerprint density at radius 3 is 2.55 bits per heavy atom. The molecular weight excluding hydrogens is 431 g/mol. The molecule has 0 aliphatic carbocycles. The maximum Gasteiger partial charge on any atom is 0.411 e. The molecule has 33 heavy (non-hydrogen) atoms. The van der Waals surface area contributed by atoms with Crippen LogP contribution in [0.5, 0.6) is 0 Å². The summed E-state index contributed by atoms with van der Waals surface area (Å²) in [5.74, 6) is 1.20. The summed E-state index contributed by atoms with van der Waals surface area (Å²) in [5.41, 5.74) is 1.69. The fraction of sp³-hybridized carbons (Fsp3) is 0.455. The number of anilines is 2. The SMILES string of the molecule is O=C(O)N(CCO)c1ccc(-c2nc(N3CC4CCC(C3)O4)c3cnn(CCF)c3n2)cc1. The molecule has 0 spiro atoms. The van der Waals surface area contributed by atoms with Crippen LogP contribution < -0.4 is 9.80 Å². The number of benzene rings is 1. The first kappa shape index (κ1) is 21.5. The summed E-state index contributed by atoms with van der Waals surface area (Å²) < 4.78 is 20.6. The Bertz CT molecular complexity index is 1140. The van der Waals surface area contributed by atoms with E-state index in [4.69, 9.17) is 14.8 Å².